The van der Waals surface area contributed by atoms with Crippen LogP contribution in [0.5, 0.6) is 0 Å². The van der Waals surface area contributed by atoms with Gasteiger partial charge in [0.25, 0.3) is 0 Å². The van der Waals surface area contributed by atoms with Crippen molar-refractivity contribution >= 4 is 45.6 Å². The number of benzene rings is 1. The van der Waals surface area contributed by atoms with Crippen molar-refractivity contribution in [1.29, 1.82) is 5.26 Å². The van der Waals surface area contributed by atoms with Gasteiger partial charge >= 0.3 is 0 Å². The first-order chi connectivity index (χ1) is 14.4. The molecule has 2 aromatic heterocycles. The van der Waals surface area contributed by atoms with E-state index in [1.165, 1.54) is 29.2 Å². The third-order valence-electron chi connectivity index (χ3n) is 5.04. The molecular weight excluding hydrogens is 389 g/mol. The number of anilines is 5. The molecule has 30 heavy (non-hydrogen) atoms. The van der Waals surface area contributed by atoms with Gasteiger partial charge in [0.15, 0.2) is 0 Å². The molecule has 0 unspecified atom stereocenters. The fourth-order valence-corrected chi connectivity index (χ4v) is 3.70. The number of carbonyl (C=O) groups is 1. The van der Waals surface area contributed by atoms with Gasteiger partial charge in [-0.3, -0.25) is 9.69 Å². The minimum absolute atomic E-state index is 0.0300. The van der Waals surface area contributed by atoms with Crippen LogP contribution in [-0.2, 0) is 11.2 Å². The van der Waals surface area contributed by atoms with Crippen LogP contribution in [0.25, 0.3) is 10.8 Å². The van der Waals surface area contributed by atoms with Gasteiger partial charge in [-0.25, -0.2) is 14.4 Å². The molecule has 1 amide bonds. The number of nitrogens with zero attached hydrogens (tertiary/aromatic N) is 5. The number of nitrogens with two attached hydrogens (primary N) is 2. The van der Waals surface area contributed by atoms with E-state index in [1.807, 2.05) is 0 Å². The number of nitriles is 1. The zero-order valence-corrected chi connectivity index (χ0v) is 16.1. The van der Waals surface area contributed by atoms with Gasteiger partial charge in [-0.2, -0.15) is 5.26 Å². The highest BCUT2D eigenvalue weighted by Crippen LogP contribution is 2.43. The van der Waals surface area contributed by atoms with Crippen LogP contribution in [0.3, 0.4) is 0 Å². The molecular formula is C20H18FN7O2. The fraction of sp³-hybridized carbons (Fsp3) is 0.200. The summed E-state index contributed by atoms with van der Waals surface area (Å²) in [5, 5.41) is 19.9. The predicted molar refractivity (Wildman–Crippen MR) is 111 cm³/mol. The number of rotatable bonds is 4. The molecule has 3 aromatic rings. The molecule has 10 heteroatoms. The predicted octanol–water partition coefficient (Wildman–Crippen LogP) is 1.45. The molecule has 1 aliphatic rings. The Morgan fingerprint density at radius 1 is 1.23 bits per heavy atom. The lowest BCUT2D eigenvalue weighted by atomic mass is 10.0. The Hall–Kier alpha value is -3.97. The van der Waals surface area contributed by atoms with Crippen LogP contribution >= 0.6 is 0 Å². The van der Waals surface area contributed by atoms with Crippen molar-refractivity contribution in [3.63, 3.8) is 0 Å². The zero-order chi connectivity index (χ0) is 21.6. The number of halogens is 1. The number of nitrogen functional groups attached to an aromatic ring is 2. The molecule has 0 spiro atoms. The third-order valence-corrected chi connectivity index (χ3v) is 5.04. The minimum atomic E-state index is -0.432. The van der Waals surface area contributed by atoms with Crippen LogP contribution in [0, 0.1) is 17.1 Å². The standard InChI is InChI=1S/C20H18FN7O2/c1-27(6-7-29)19-13(9-22)15-12-8-14(30)28(11-4-2-10(21)3-5-11)20(12)26-18(24)16(15)17(23)25-19/h2-5,29H,6-8H2,1H3,(H2,23,25)(H2,24,26). The van der Waals surface area contributed by atoms with Gasteiger partial charge < -0.3 is 21.5 Å². The van der Waals surface area contributed by atoms with E-state index in [9.17, 15) is 19.6 Å². The number of fused-ring (bicyclic) bond motifs is 3. The van der Waals surface area contributed by atoms with Crippen molar-refractivity contribution < 1.29 is 14.3 Å². The summed E-state index contributed by atoms with van der Waals surface area (Å²) in [6, 6.07) is 7.56. The maximum atomic E-state index is 13.3. The van der Waals surface area contributed by atoms with Gasteiger partial charge in [0.1, 0.15) is 40.7 Å². The highest BCUT2D eigenvalue weighted by molar-refractivity contribution is 6.15. The number of pyridine rings is 2. The number of aliphatic hydroxyl groups is 1. The quantitative estimate of drug-likeness (QED) is 0.589. The summed E-state index contributed by atoms with van der Waals surface area (Å²) in [4.78, 5) is 24.5. The molecule has 5 N–H and O–H groups in total. The maximum Gasteiger partial charge on any atom is 0.237 e. The van der Waals surface area contributed by atoms with Crippen molar-refractivity contribution in [2.45, 2.75) is 6.42 Å². The molecule has 0 radical (unpaired) electrons. The van der Waals surface area contributed by atoms with E-state index >= 15 is 0 Å². The highest BCUT2D eigenvalue weighted by atomic mass is 19.1. The van der Waals surface area contributed by atoms with Gasteiger partial charge in [0.2, 0.25) is 5.91 Å². The van der Waals surface area contributed by atoms with Crippen LogP contribution in [0.1, 0.15) is 11.1 Å². The van der Waals surface area contributed by atoms with Crippen molar-refractivity contribution in [3.8, 4) is 6.07 Å². The molecule has 0 atom stereocenters. The molecule has 1 aromatic carbocycles. The van der Waals surface area contributed by atoms with Crippen molar-refractivity contribution in [2.24, 2.45) is 0 Å². The topological polar surface area (TPSA) is 145 Å². The molecule has 3 heterocycles. The van der Waals surface area contributed by atoms with Crippen LogP contribution in [0.4, 0.5) is 33.3 Å². The maximum absolute atomic E-state index is 13.3. The fourth-order valence-electron chi connectivity index (χ4n) is 3.70. The third kappa shape index (κ3) is 2.84. The average molecular weight is 407 g/mol. The molecule has 4 rings (SSSR count). The lowest BCUT2D eigenvalue weighted by molar-refractivity contribution is -0.116. The molecule has 1 aliphatic heterocycles. The van der Waals surface area contributed by atoms with Crippen LogP contribution in [-0.4, -0.2) is 41.2 Å². The summed E-state index contributed by atoms with van der Waals surface area (Å²) < 4.78 is 13.3. The zero-order valence-electron chi connectivity index (χ0n) is 16.1. The first-order valence-corrected chi connectivity index (χ1v) is 9.09. The molecule has 0 aliphatic carbocycles. The van der Waals surface area contributed by atoms with Crippen molar-refractivity contribution in [2.75, 3.05) is 41.5 Å². The van der Waals surface area contributed by atoms with Crippen LogP contribution < -0.4 is 21.3 Å². The van der Waals surface area contributed by atoms with E-state index in [1.54, 1.807) is 11.9 Å². The van der Waals surface area contributed by atoms with E-state index in [-0.39, 0.29) is 54.3 Å². The van der Waals surface area contributed by atoms with Crippen molar-refractivity contribution in [3.05, 3.63) is 41.2 Å². The second-order valence-electron chi connectivity index (χ2n) is 6.88. The molecule has 0 bridgehead atoms. The summed E-state index contributed by atoms with van der Waals surface area (Å²) in [6.45, 7) is 0.0877. The van der Waals surface area contributed by atoms with Gasteiger partial charge in [0, 0.05) is 24.5 Å². The summed E-state index contributed by atoms with van der Waals surface area (Å²) in [5.41, 5.74) is 13.4. The first-order valence-electron chi connectivity index (χ1n) is 9.09. The number of carbonyl (C=O) groups excluding carboxylic acids is 1. The summed E-state index contributed by atoms with van der Waals surface area (Å²) in [5.74, 6) is -0.0708. The second kappa shape index (κ2) is 7.13. The number of aliphatic hydroxyl groups excluding tert-OH is 1. The Labute approximate surface area is 171 Å². The van der Waals surface area contributed by atoms with Gasteiger partial charge in [0.05, 0.1) is 24.1 Å². The lowest BCUT2D eigenvalue weighted by Crippen LogP contribution is -2.24. The number of likely N-dealkylation sites (N-methyl/N-ethyl adjacent to an activating group) is 1. The summed E-state index contributed by atoms with van der Waals surface area (Å²) in [6.07, 6.45) is -0.0300. The molecule has 0 fully saturated rings. The summed E-state index contributed by atoms with van der Waals surface area (Å²) in [7, 11) is 1.67. The van der Waals surface area contributed by atoms with Crippen LogP contribution in [0.15, 0.2) is 24.3 Å². The van der Waals surface area contributed by atoms with E-state index in [2.05, 4.69) is 16.0 Å². The Morgan fingerprint density at radius 3 is 2.53 bits per heavy atom. The second-order valence-corrected chi connectivity index (χ2v) is 6.88. The van der Waals surface area contributed by atoms with E-state index in [0.717, 1.165) is 0 Å². The number of aromatic nitrogens is 2. The van der Waals surface area contributed by atoms with Gasteiger partial charge in [-0.15, -0.1) is 0 Å². The number of amides is 1. The lowest BCUT2D eigenvalue weighted by Gasteiger charge is -2.22. The first kappa shape index (κ1) is 19.4. The molecule has 152 valence electrons. The van der Waals surface area contributed by atoms with E-state index < -0.39 is 5.82 Å². The minimum Gasteiger partial charge on any atom is -0.395 e. The Kier molecular flexibility index (Phi) is 4.60. The smallest absolute Gasteiger partial charge is 0.237 e. The highest BCUT2D eigenvalue weighted by Gasteiger charge is 2.35. The van der Waals surface area contributed by atoms with Crippen LogP contribution in [0.2, 0.25) is 0 Å². The summed E-state index contributed by atoms with van der Waals surface area (Å²) >= 11 is 0. The van der Waals surface area contributed by atoms with E-state index in [4.69, 9.17) is 11.5 Å². The Bertz CT molecular complexity index is 1220. The van der Waals surface area contributed by atoms with Gasteiger partial charge in [-0.1, -0.05) is 0 Å². The molecule has 9 nitrogen and oxygen atoms in total. The largest absolute Gasteiger partial charge is 0.395 e. The molecule has 0 saturated carbocycles. The SMILES string of the molecule is CN(CCO)c1nc(N)c2c(N)nc3c(c2c1C#N)CC(=O)N3c1ccc(F)cc1. The normalized spacial score (nSPS) is 12.9. The van der Waals surface area contributed by atoms with Gasteiger partial charge in [-0.05, 0) is 24.3 Å². The molecule has 0 saturated heterocycles. The number of hydrogen-bond donors (Lipinski definition) is 3. The van der Waals surface area contributed by atoms with E-state index in [0.29, 0.717) is 22.0 Å². The Morgan fingerprint density at radius 2 is 1.90 bits per heavy atom. The average Bonchev–Trinajstić information content (AvgIpc) is 3.04. The Balaban J connectivity index is 2.03. The number of hydrogen-bond acceptors (Lipinski definition) is 8. The van der Waals surface area contributed by atoms with Crippen molar-refractivity contribution in [1.82, 2.24) is 9.97 Å². The monoisotopic (exact) mass is 407 g/mol.